The summed E-state index contributed by atoms with van der Waals surface area (Å²) in [6, 6.07) is 21.3. The molecule has 216 valence electrons. The molecular weight excluding hydrogens is 583 g/mol. The van der Waals surface area contributed by atoms with Crippen molar-refractivity contribution in [3.05, 3.63) is 136 Å². The number of ether oxygens (including phenoxy) is 1. The van der Waals surface area contributed by atoms with E-state index in [-0.39, 0.29) is 17.7 Å². The van der Waals surface area contributed by atoms with Gasteiger partial charge < -0.3 is 14.4 Å². The molecule has 2 aromatic carbocycles. The van der Waals surface area contributed by atoms with Crippen molar-refractivity contribution in [2.75, 3.05) is 6.61 Å². The summed E-state index contributed by atoms with van der Waals surface area (Å²) >= 11 is 2.75. The Labute approximate surface area is 254 Å². The van der Waals surface area contributed by atoms with Crippen LogP contribution in [0.15, 0.2) is 93.5 Å². The molecule has 43 heavy (non-hydrogen) atoms. The summed E-state index contributed by atoms with van der Waals surface area (Å²) in [6.45, 7) is 5.88. The van der Waals surface area contributed by atoms with E-state index < -0.39 is 18.0 Å². The van der Waals surface area contributed by atoms with E-state index in [1.54, 1.807) is 35.8 Å². The number of benzene rings is 2. The standard InChI is InChI=1S/C33H27N3O5S2/c1-4-41-32(40)27-28(21-9-6-5-7-10-21)34-33-36(29(27)25-11-8-16-42-25)30(37)26(43-33)18-23-17-19(2)35(20(23)3)24-14-12-22(13-15-24)31(38)39/h5-18,29H,4H2,1-3H3,(H,38,39)/b26-18-/t29-/m1/s1. The summed E-state index contributed by atoms with van der Waals surface area (Å²) in [5, 5.41) is 11.2. The maximum absolute atomic E-state index is 14.1. The number of hydrogen-bond donors (Lipinski definition) is 1. The minimum Gasteiger partial charge on any atom is -0.478 e. The van der Waals surface area contributed by atoms with E-state index in [0.29, 0.717) is 20.6 Å². The Kier molecular flexibility index (Phi) is 7.55. The summed E-state index contributed by atoms with van der Waals surface area (Å²) < 4.78 is 9.62. The molecule has 0 fully saturated rings. The van der Waals surface area contributed by atoms with Gasteiger partial charge in [-0.1, -0.05) is 47.7 Å². The van der Waals surface area contributed by atoms with E-state index in [0.717, 1.165) is 33.1 Å². The Morgan fingerprint density at radius 3 is 2.44 bits per heavy atom. The van der Waals surface area contributed by atoms with Crippen LogP contribution in [0.4, 0.5) is 0 Å². The number of hydrogen-bond acceptors (Lipinski definition) is 7. The van der Waals surface area contributed by atoms with Gasteiger partial charge in [0.2, 0.25) is 0 Å². The maximum atomic E-state index is 14.1. The highest BCUT2D eigenvalue weighted by molar-refractivity contribution is 7.10. The third-order valence-electron chi connectivity index (χ3n) is 7.32. The second-order valence-electron chi connectivity index (χ2n) is 9.96. The molecule has 0 unspecified atom stereocenters. The molecule has 1 aliphatic heterocycles. The van der Waals surface area contributed by atoms with Crippen molar-refractivity contribution in [2.45, 2.75) is 26.8 Å². The Hall–Kier alpha value is -4.80. The van der Waals surface area contributed by atoms with Crippen molar-refractivity contribution in [1.82, 2.24) is 9.13 Å². The lowest BCUT2D eigenvalue weighted by molar-refractivity contribution is -0.138. The number of carbonyl (C=O) groups excluding carboxylic acids is 1. The number of aromatic carboxylic acids is 1. The molecule has 1 aliphatic rings. The number of thiazole rings is 1. The lowest BCUT2D eigenvalue weighted by Gasteiger charge is -2.24. The first-order valence-electron chi connectivity index (χ1n) is 13.6. The molecule has 6 rings (SSSR count). The highest BCUT2D eigenvalue weighted by Crippen LogP contribution is 2.36. The van der Waals surface area contributed by atoms with E-state index in [4.69, 9.17) is 9.73 Å². The number of carbonyl (C=O) groups is 2. The number of carboxylic acid groups (broad SMARTS) is 1. The maximum Gasteiger partial charge on any atom is 0.338 e. The van der Waals surface area contributed by atoms with E-state index in [1.165, 1.54) is 22.7 Å². The number of aromatic nitrogens is 2. The fourth-order valence-corrected chi connectivity index (χ4v) is 7.20. The zero-order valence-electron chi connectivity index (χ0n) is 23.6. The number of fused-ring (bicyclic) bond motifs is 1. The highest BCUT2D eigenvalue weighted by Gasteiger charge is 2.35. The van der Waals surface area contributed by atoms with E-state index in [2.05, 4.69) is 0 Å². The molecule has 3 aromatic heterocycles. The van der Waals surface area contributed by atoms with Gasteiger partial charge in [-0.15, -0.1) is 11.3 Å². The third kappa shape index (κ3) is 5.09. The first kappa shape index (κ1) is 28.3. The van der Waals surface area contributed by atoms with Crippen LogP contribution in [0.25, 0.3) is 17.5 Å². The second kappa shape index (κ2) is 11.5. The van der Waals surface area contributed by atoms with Gasteiger partial charge in [-0.25, -0.2) is 14.6 Å². The zero-order valence-corrected chi connectivity index (χ0v) is 25.2. The van der Waals surface area contributed by atoms with Crippen LogP contribution in [0.5, 0.6) is 0 Å². The molecule has 1 atom stereocenters. The average molecular weight is 610 g/mol. The molecule has 0 radical (unpaired) electrons. The molecule has 0 saturated carbocycles. The van der Waals surface area contributed by atoms with Gasteiger partial charge in [-0.3, -0.25) is 9.36 Å². The number of nitrogens with zero attached hydrogens (tertiary/aromatic N) is 3. The van der Waals surface area contributed by atoms with Gasteiger partial charge >= 0.3 is 11.9 Å². The van der Waals surface area contributed by atoms with E-state index >= 15 is 0 Å². The van der Waals surface area contributed by atoms with Crippen LogP contribution in [0, 0.1) is 13.8 Å². The Morgan fingerprint density at radius 1 is 1.05 bits per heavy atom. The molecule has 0 bridgehead atoms. The normalized spacial score (nSPS) is 14.9. The summed E-state index contributed by atoms with van der Waals surface area (Å²) in [7, 11) is 0. The Balaban J connectivity index is 1.54. The predicted octanol–water partition coefficient (Wildman–Crippen LogP) is 5.10. The summed E-state index contributed by atoms with van der Waals surface area (Å²) in [5.74, 6) is -1.49. The summed E-state index contributed by atoms with van der Waals surface area (Å²) in [5.41, 5.74) is 5.07. The van der Waals surface area contributed by atoms with Crippen molar-refractivity contribution >= 4 is 46.4 Å². The fourth-order valence-electron chi connectivity index (χ4n) is 5.38. The van der Waals surface area contributed by atoms with Crippen LogP contribution in [0.3, 0.4) is 0 Å². The molecule has 0 spiro atoms. The fraction of sp³-hybridized carbons (Fsp3) is 0.152. The van der Waals surface area contributed by atoms with E-state index in [1.807, 2.05) is 78.4 Å². The Bertz CT molecular complexity index is 2070. The third-order valence-corrected chi connectivity index (χ3v) is 9.22. The molecule has 0 amide bonds. The number of rotatable bonds is 7. The number of aryl methyl sites for hydroxylation is 1. The monoisotopic (exact) mass is 609 g/mol. The van der Waals surface area contributed by atoms with Gasteiger partial charge in [-0.2, -0.15) is 0 Å². The SMILES string of the molecule is CCOC(=O)C1=C(c2ccccc2)N=c2s/c(=C\c3cc(C)n(-c4ccc(C(=O)O)cc4)c3C)c(=O)n2[C@@H]1c1cccs1. The van der Waals surface area contributed by atoms with Crippen molar-refractivity contribution in [2.24, 2.45) is 4.99 Å². The van der Waals surface area contributed by atoms with E-state index in [9.17, 15) is 19.5 Å². The molecular formula is C33H27N3O5S2. The molecule has 10 heteroatoms. The number of esters is 1. The molecule has 1 N–H and O–H groups in total. The predicted molar refractivity (Wildman–Crippen MR) is 168 cm³/mol. The van der Waals surface area contributed by atoms with Crippen molar-refractivity contribution < 1.29 is 19.4 Å². The second-order valence-corrected chi connectivity index (χ2v) is 11.9. The average Bonchev–Trinajstić information content (AvgIpc) is 3.71. The van der Waals surface area contributed by atoms with Crippen LogP contribution >= 0.6 is 22.7 Å². The number of thiophene rings is 1. The molecule has 0 saturated heterocycles. The van der Waals surface area contributed by atoms with Crippen LogP contribution < -0.4 is 14.9 Å². The van der Waals surface area contributed by atoms with Crippen LogP contribution in [-0.4, -0.2) is 32.8 Å². The minimum atomic E-state index is -0.981. The summed E-state index contributed by atoms with van der Waals surface area (Å²) in [4.78, 5) is 45.2. The van der Waals surface area contributed by atoms with Gasteiger partial charge in [0, 0.05) is 27.5 Å². The first-order chi connectivity index (χ1) is 20.8. The minimum absolute atomic E-state index is 0.195. The quantitative estimate of drug-likeness (QED) is 0.259. The van der Waals surface area contributed by atoms with Crippen LogP contribution in [-0.2, 0) is 9.53 Å². The largest absolute Gasteiger partial charge is 0.478 e. The molecule has 5 aromatic rings. The Morgan fingerprint density at radius 2 is 1.79 bits per heavy atom. The lowest BCUT2D eigenvalue weighted by atomic mass is 9.97. The molecule has 8 nitrogen and oxygen atoms in total. The van der Waals surface area contributed by atoms with Crippen LogP contribution in [0.2, 0.25) is 0 Å². The van der Waals surface area contributed by atoms with Crippen molar-refractivity contribution in [3.63, 3.8) is 0 Å². The highest BCUT2D eigenvalue weighted by atomic mass is 32.1. The van der Waals surface area contributed by atoms with Crippen molar-refractivity contribution in [1.29, 1.82) is 0 Å². The van der Waals surface area contributed by atoms with Gasteiger partial charge in [0.1, 0.15) is 6.04 Å². The van der Waals surface area contributed by atoms with Crippen LogP contribution in [0.1, 0.15) is 50.7 Å². The number of carboxylic acids is 1. The van der Waals surface area contributed by atoms with Gasteiger partial charge in [-0.05, 0) is 74.2 Å². The topological polar surface area (TPSA) is 103 Å². The lowest BCUT2D eigenvalue weighted by Crippen LogP contribution is -2.39. The van der Waals surface area contributed by atoms with Gasteiger partial charge in [0.25, 0.3) is 5.56 Å². The van der Waals surface area contributed by atoms with Gasteiger partial charge in [0.15, 0.2) is 4.80 Å². The zero-order chi connectivity index (χ0) is 30.2. The summed E-state index contributed by atoms with van der Waals surface area (Å²) in [6.07, 6.45) is 1.86. The van der Waals surface area contributed by atoms with Gasteiger partial charge in [0.05, 0.1) is 28.0 Å². The smallest absolute Gasteiger partial charge is 0.338 e. The van der Waals surface area contributed by atoms with Crippen molar-refractivity contribution in [3.8, 4) is 5.69 Å². The molecule has 4 heterocycles. The first-order valence-corrected chi connectivity index (χ1v) is 15.3. The molecule has 0 aliphatic carbocycles.